The molecule has 0 atom stereocenters. The summed E-state index contributed by atoms with van der Waals surface area (Å²) in [6, 6.07) is 0. The van der Waals surface area contributed by atoms with Crippen LogP contribution in [0.1, 0.15) is 0 Å². The van der Waals surface area contributed by atoms with E-state index in [0.717, 1.165) is 4.90 Å². The Labute approximate surface area is 81.8 Å². The SMILES string of the molecule is CN(C)C(=O)CN1C(=O)CNCC1=O. The van der Waals surface area contributed by atoms with Crippen molar-refractivity contribution in [3.8, 4) is 0 Å². The number of imide groups is 1. The van der Waals surface area contributed by atoms with Crippen molar-refractivity contribution in [3.63, 3.8) is 0 Å². The number of rotatable bonds is 2. The van der Waals surface area contributed by atoms with Gasteiger partial charge in [0, 0.05) is 14.1 Å². The van der Waals surface area contributed by atoms with Crippen LogP contribution in [0.2, 0.25) is 0 Å². The van der Waals surface area contributed by atoms with E-state index in [1.165, 1.54) is 4.90 Å². The molecule has 0 radical (unpaired) electrons. The van der Waals surface area contributed by atoms with E-state index in [0.29, 0.717) is 0 Å². The molecule has 1 rings (SSSR count). The van der Waals surface area contributed by atoms with E-state index in [1.54, 1.807) is 14.1 Å². The monoisotopic (exact) mass is 199 g/mol. The number of carbonyl (C=O) groups is 3. The first-order valence-corrected chi connectivity index (χ1v) is 4.26. The molecule has 0 bridgehead atoms. The van der Waals surface area contributed by atoms with Gasteiger partial charge in [-0.1, -0.05) is 0 Å². The highest BCUT2D eigenvalue weighted by Gasteiger charge is 2.27. The number of piperazine rings is 1. The molecule has 1 fully saturated rings. The number of amides is 3. The van der Waals surface area contributed by atoms with Crippen LogP contribution in [0.4, 0.5) is 0 Å². The molecule has 1 aliphatic heterocycles. The highest BCUT2D eigenvalue weighted by Crippen LogP contribution is 1.97. The van der Waals surface area contributed by atoms with Crippen molar-refractivity contribution in [2.45, 2.75) is 0 Å². The standard InChI is InChI=1S/C8H13N3O3/c1-10(2)8(14)5-11-6(12)3-9-4-7(11)13/h9H,3-5H2,1-2H3. The van der Waals surface area contributed by atoms with E-state index in [4.69, 9.17) is 0 Å². The quantitative estimate of drug-likeness (QED) is 0.524. The van der Waals surface area contributed by atoms with Gasteiger partial charge >= 0.3 is 0 Å². The normalized spacial score (nSPS) is 17.1. The van der Waals surface area contributed by atoms with Gasteiger partial charge in [-0.3, -0.25) is 24.6 Å². The number of hydrogen-bond acceptors (Lipinski definition) is 4. The second kappa shape index (κ2) is 4.19. The summed E-state index contributed by atoms with van der Waals surface area (Å²) in [5.41, 5.74) is 0. The summed E-state index contributed by atoms with van der Waals surface area (Å²) in [4.78, 5) is 36.1. The van der Waals surface area contributed by atoms with Gasteiger partial charge in [0.25, 0.3) is 0 Å². The van der Waals surface area contributed by atoms with Crippen molar-refractivity contribution < 1.29 is 14.4 Å². The minimum atomic E-state index is -0.351. The third-order valence-corrected chi connectivity index (χ3v) is 1.95. The maximum absolute atomic E-state index is 11.3. The highest BCUT2D eigenvalue weighted by atomic mass is 16.2. The molecule has 3 amide bonds. The molecule has 0 aromatic carbocycles. The summed E-state index contributed by atoms with van der Waals surface area (Å²) in [6.07, 6.45) is 0. The summed E-state index contributed by atoms with van der Waals surface area (Å²) in [5, 5.41) is 2.65. The number of nitrogens with zero attached hydrogens (tertiary/aromatic N) is 2. The maximum Gasteiger partial charge on any atom is 0.243 e. The molecule has 1 N–H and O–H groups in total. The van der Waals surface area contributed by atoms with Crippen LogP contribution < -0.4 is 5.32 Å². The summed E-state index contributed by atoms with van der Waals surface area (Å²) in [5.74, 6) is -0.957. The predicted octanol–water partition coefficient (Wildman–Crippen LogP) is -1.97. The molecular formula is C8H13N3O3. The topological polar surface area (TPSA) is 69.7 Å². The van der Waals surface area contributed by atoms with Crippen LogP contribution in [0, 0.1) is 0 Å². The van der Waals surface area contributed by atoms with Crippen LogP contribution in [0.3, 0.4) is 0 Å². The molecule has 14 heavy (non-hydrogen) atoms. The van der Waals surface area contributed by atoms with Gasteiger partial charge in [-0.25, -0.2) is 0 Å². The van der Waals surface area contributed by atoms with E-state index in [-0.39, 0.29) is 37.4 Å². The Bertz CT molecular complexity index is 259. The number of carbonyl (C=O) groups excluding carboxylic acids is 3. The Morgan fingerprint density at radius 2 is 1.86 bits per heavy atom. The molecular weight excluding hydrogens is 186 g/mol. The fourth-order valence-electron chi connectivity index (χ4n) is 1.06. The van der Waals surface area contributed by atoms with Crippen LogP contribution in [0.15, 0.2) is 0 Å². The lowest BCUT2D eigenvalue weighted by molar-refractivity contribution is -0.150. The van der Waals surface area contributed by atoms with Gasteiger partial charge < -0.3 is 4.90 Å². The van der Waals surface area contributed by atoms with Gasteiger partial charge in [-0.05, 0) is 0 Å². The zero-order valence-corrected chi connectivity index (χ0v) is 8.24. The molecule has 1 aliphatic rings. The minimum Gasteiger partial charge on any atom is -0.347 e. The smallest absolute Gasteiger partial charge is 0.243 e. The number of hydrogen-bond donors (Lipinski definition) is 1. The first-order valence-electron chi connectivity index (χ1n) is 4.26. The first-order chi connectivity index (χ1) is 6.52. The van der Waals surface area contributed by atoms with E-state index in [1.807, 2.05) is 0 Å². The molecule has 0 aromatic heterocycles. The van der Waals surface area contributed by atoms with Gasteiger partial charge in [-0.2, -0.15) is 0 Å². The Kier molecular flexibility index (Phi) is 3.19. The molecule has 0 spiro atoms. The van der Waals surface area contributed by atoms with Crippen molar-refractivity contribution in [1.82, 2.24) is 15.1 Å². The van der Waals surface area contributed by atoms with E-state index >= 15 is 0 Å². The largest absolute Gasteiger partial charge is 0.347 e. The minimum absolute atomic E-state index is 0.118. The molecule has 6 heteroatoms. The Morgan fingerprint density at radius 3 is 2.29 bits per heavy atom. The molecule has 78 valence electrons. The molecule has 1 saturated heterocycles. The van der Waals surface area contributed by atoms with Crippen LogP contribution >= 0.6 is 0 Å². The Morgan fingerprint density at radius 1 is 1.36 bits per heavy atom. The predicted molar refractivity (Wildman–Crippen MR) is 48.3 cm³/mol. The third kappa shape index (κ3) is 2.29. The van der Waals surface area contributed by atoms with E-state index in [9.17, 15) is 14.4 Å². The average Bonchev–Trinajstić information content (AvgIpc) is 2.11. The highest BCUT2D eigenvalue weighted by molar-refractivity contribution is 6.02. The number of nitrogens with one attached hydrogen (secondary N) is 1. The van der Waals surface area contributed by atoms with Gasteiger partial charge in [-0.15, -0.1) is 0 Å². The van der Waals surface area contributed by atoms with Gasteiger partial charge in [0.15, 0.2) is 0 Å². The fraction of sp³-hybridized carbons (Fsp3) is 0.625. The lowest BCUT2D eigenvalue weighted by Crippen LogP contribution is -2.54. The van der Waals surface area contributed by atoms with Crippen molar-refractivity contribution in [1.29, 1.82) is 0 Å². The second-order valence-electron chi connectivity index (χ2n) is 3.27. The molecule has 6 nitrogen and oxygen atoms in total. The lowest BCUT2D eigenvalue weighted by atomic mass is 10.3. The van der Waals surface area contributed by atoms with Crippen LogP contribution in [0.25, 0.3) is 0 Å². The van der Waals surface area contributed by atoms with Crippen LogP contribution in [-0.2, 0) is 14.4 Å². The molecule has 0 saturated carbocycles. The molecule has 1 heterocycles. The number of likely N-dealkylation sites (N-methyl/N-ethyl adjacent to an activating group) is 1. The lowest BCUT2D eigenvalue weighted by Gasteiger charge is -2.25. The van der Waals surface area contributed by atoms with E-state index in [2.05, 4.69) is 5.32 Å². The Hall–Kier alpha value is -1.43. The summed E-state index contributed by atoms with van der Waals surface area (Å²) >= 11 is 0. The molecule has 0 aromatic rings. The zero-order chi connectivity index (χ0) is 10.7. The molecule has 0 aliphatic carbocycles. The van der Waals surface area contributed by atoms with Crippen molar-refractivity contribution in [2.75, 3.05) is 33.7 Å². The van der Waals surface area contributed by atoms with E-state index < -0.39 is 0 Å². The second-order valence-corrected chi connectivity index (χ2v) is 3.27. The van der Waals surface area contributed by atoms with Gasteiger partial charge in [0.05, 0.1) is 13.1 Å². The van der Waals surface area contributed by atoms with Crippen LogP contribution in [-0.4, -0.2) is 61.3 Å². The summed E-state index contributed by atoms with van der Waals surface area (Å²) in [7, 11) is 3.17. The first kappa shape index (κ1) is 10.6. The van der Waals surface area contributed by atoms with Crippen molar-refractivity contribution in [2.24, 2.45) is 0 Å². The fourth-order valence-corrected chi connectivity index (χ4v) is 1.06. The van der Waals surface area contributed by atoms with Gasteiger partial charge in [0.1, 0.15) is 6.54 Å². The zero-order valence-electron chi connectivity index (χ0n) is 8.24. The van der Waals surface area contributed by atoms with Crippen LogP contribution in [0.5, 0.6) is 0 Å². The van der Waals surface area contributed by atoms with Crippen molar-refractivity contribution in [3.05, 3.63) is 0 Å². The average molecular weight is 199 g/mol. The summed E-state index contributed by atoms with van der Waals surface area (Å²) < 4.78 is 0. The third-order valence-electron chi connectivity index (χ3n) is 1.95. The molecule has 0 unspecified atom stereocenters. The van der Waals surface area contributed by atoms with Crippen molar-refractivity contribution >= 4 is 17.7 Å². The maximum atomic E-state index is 11.3. The summed E-state index contributed by atoms with van der Waals surface area (Å²) in [6.45, 7) is 0.0746. The Balaban J connectivity index is 2.61. The van der Waals surface area contributed by atoms with Gasteiger partial charge in [0.2, 0.25) is 17.7 Å².